The molecular weight excluding hydrogens is 361 g/mol. The molecule has 1 aromatic rings. The van der Waals surface area contributed by atoms with Gasteiger partial charge in [-0.2, -0.15) is 0 Å². The summed E-state index contributed by atoms with van der Waals surface area (Å²) in [7, 11) is 0. The first-order chi connectivity index (χ1) is 11.1. The predicted octanol–water partition coefficient (Wildman–Crippen LogP) is 3.20. The van der Waals surface area contributed by atoms with Gasteiger partial charge in [-0.25, -0.2) is 0 Å². The molecule has 0 bridgehead atoms. The number of rotatable bonds is 6. The summed E-state index contributed by atoms with van der Waals surface area (Å²) >= 11 is 0. The van der Waals surface area contributed by atoms with Crippen molar-refractivity contribution in [2.75, 3.05) is 19.6 Å². The SMILES string of the molecule is Cc1ccc(C(CNC(=O)C[C@@H]2CCC[C@H]2N)N2CCCC2)o1.Cl.Cl. The van der Waals surface area contributed by atoms with Gasteiger partial charge in [0.25, 0.3) is 0 Å². The first kappa shape index (κ1) is 22.3. The average molecular weight is 392 g/mol. The van der Waals surface area contributed by atoms with Crippen LogP contribution in [-0.2, 0) is 4.79 Å². The standard InChI is InChI=1S/C18H29N3O2.2ClH/c1-13-7-8-17(23-13)16(21-9-2-3-10-21)12-20-18(22)11-14-5-4-6-15(14)19;;/h7-8,14-16H,2-6,9-12,19H2,1H3,(H,20,22);2*1H/t14-,15+,16?;;/m0../s1. The Bertz CT molecular complexity index is 532. The van der Waals surface area contributed by atoms with Gasteiger partial charge in [0.1, 0.15) is 11.5 Å². The minimum atomic E-state index is 0. The second kappa shape index (κ2) is 10.4. The maximum Gasteiger partial charge on any atom is 0.220 e. The van der Waals surface area contributed by atoms with Crippen molar-refractivity contribution in [3.05, 3.63) is 23.7 Å². The van der Waals surface area contributed by atoms with Crippen molar-refractivity contribution in [3.63, 3.8) is 0 Å². The van der Waals surface area contributed by atoms with Crippen LogP contribution in [0.1, 0.15) is 56.1 Å². The number of furan rings is 1. The first-order valence-electron chi connectivity index (χ1n) is 8.96. The molecule has 3 N–H and O–H groups in total. The molecule has 1 aromatic heterocycles. The Morgan fingerprint density at radius 3 is 2.56 bits per heavy atom. The maximum atomic E-state index is 12.3. The number of nitrogens with two attached hydrogens (primary N) is 1. The molecule has 1 saturated carbocycles. The number of halogens is 2. The van der Waals surface area contributed by atoms with E-state index in [0.29, 0.717) is 18.9 Å². The molecule has 1 aliphatic carbocycles. The Kier molecular flexibility index (Phi) is 9.28. The van der Waals surface area contributed by atoms with Gasteiger partial charge in [0.15, 0.2) is 0 Å². The van der Waals surface area contributed by atoms with Crippen molar-refractivity contribution < 1.29 is 9.21 Å². The summed E-state index contributed by atoms with van der Waals surface area (Å²) in [5.41, 5.74) is 6.07. The second-order valence-corrected chi connectivity index (χ2v) is 7.07. The van der Waals surface area contributed by atoms with E-state index in [1.165, 1.54) is 12.8 Å². The topological polar surface area (TPSA) is 71.5 Å². The molecule has 0 spiro atoms. The molecular formula is C18H31Cl2N3O2. The third-order valence-electron chi connectivity index (χ3n) is 5.33. The molecule has 7 heteroatoms. The molecule has 1 aliphatic heterocycles. The van der Waals surface area contributed by atoms with Crippen molar-refractivity contribution in [2.45, 2.75) is 57.5 Å². The number of carbonyl (C=O) groups is 1. The minimum absolute atomic E-state index is 0. The molecule has 1 unspecified atom stereocenters. The van der Waals surface area contributed by atoms with Crippen LogP contribution in [0.3, 0.4) is 0 Å². The summed E-state index contributed by atoms with van der Waals surface area (Å²) in [6.07, 6.45) is 6.30. The molecule has 2 aliphatic rings. The number of hydrogen-bond acceptors (Lipinski definition) is 4. The van der Waals surface area contributed by atoms with E-state index in [9.17, 15) is 4.79 Å². The summed E-state index contributed by atoms with van der Waals surface area (Å²) in [6, 6.07) is 4.38. The lowest BCUT2D eigenvalue weighted by Gasteiger charge is -2.26. The third-order valence-corrected chi connectivity index (χ3v) is 5.33. The fourth-order valence-corrected chi connectivity index (χ4v) is 3.94. The van der Waals surface area contributed by atoms with Crippen LogP contribution in [0.4, 0.5) is 0 Å². The van der Waals surface area contributed by atoms with Crippen LogP contribution in [0.25, 0.3) is 0 Å². The molecule has 2 heterocycles. The van der Waals surface area contributed by atoms with Crippen molar-refractivity contribution in [2.24, 2.45) is 11.7 Å². The van der Waals surface area contributed by atoms with E-state index in [4.69, 9.17) is 10.2 Å². The molecule has 144 valence electrons. The number of amides is 1. The van der Waals surface area contributed by atoms with E-state index in [1.54, 1.807) is 0 Å². The van der Waals surface area contributed by atoms with Crippen molar-refractivity contribution in [1.29, 1.82) is 0 Å². The second-order valence-electron chi connectivity index (χ2n) is 7.07. The van der Waals surface area contributed by atoms with Gasteiger partial charge in [-0.15, -0.1) is 24.8 Å². The van der Waals surface area contributed by atoms with Crippen LogP contribution in [0.15, 0.2) is 16.5 Å². The molecule has 3 atom stereocenters. The van der Waals surface area contributed by atoms with Gasteiger partial charge in [-0.3, -0.25) is 9.69 Å². The number of nitrogens with one attached hydrogen (secondary N) is 1. The van der Waals surface area contributed by atoms with E-state index in [-0.39, 0.29) is 42.8 Å². The van der Waals surface area contributed by atoms with Crippen LogP contribution < -0.4 is 11.1 Å². The largest absolute Gasteiger partial charge is 0.465 e. The van der Waals surface area contributed by atoms with E-state index >= 15 is 0 Å². The van der Waals surface area contributed by atoms with Gasteiger partial charge < -0.3 is 15.5 Å². The zero-order valence-electron chi connectivity index (χ0n) is 14.9. The molecule has 3 rings (SSSR count). The summed E-state index contributed by atoms with van der Waals surface area (Å²) in [5.74, 6) is 2.36. The summed E-state index contributed by atoms with van der Waals surface area (Å²) in [6.45, 7) is 4.74. The highest BCUT2D eigenvalue weighted by molar-refractivity contribution is 5.85. The lowest BCUT2D eigenvalue weighted by atomic mass is 10.00. The minimum Gasteiger partial charge on any atom is -0.465 e. The molecule has 0 radical (unpaired) electrons. The third kappa shape index (κ3) is 5.88. The average Bonchev–Trinajstić information content (AvgIpc) is 3.25. The molecule has 1 amide bonds. The highest BCUT2D eigenvalue weighted by atomic mass is 35.5. The lowest BCUT2D eigenvalue weighted by molar-refractivity contribution is -0.122. The Labute approximate surface area is 162 Å². The van der Waals surface area contributed by atoms with Gasteiger partial charge in [0.05, 0.1) is 6.04 Å². The predicted molar refractivity (Wildman–Crippen MR) is 104 cm³/mol. The quantitative estimate of drug-likeness (QED) is 0.780. The van der Waals surface area contributed by atoms with Crippen LogP contribution >= 0.6 is 24.8 Å². The van der Waals surface area contributed by atoms with E-state index in [1.807, 2.05) is 19.1 Å². The number of aryl methyl sites for hydroxylation is 1. The molecule has 2 fully saturated rings. The van der Waals surface area contributed by atoms with E-state index in [2.05, 4.69) is 10.2 Å². The molecule has 25 heavy (non-hydrogen) atoms. The van der Waals surface area contributed by atoms with Gasteiger partial charge in [-0.05, 0) is 63.7 Å². The normalized spacial score (nSPS) is 24.4. The van der Waals surface area contributed by atoms with Crippen molar-refractivity contribution >= 4 is 30.7 Å². The fourth-order valence-electron chi connectivity index (χ4n) is 3.94. The van der Waals surface area contributed by atoms with Gasteiger partial charge in [-0.1, -0.05) is 6.42 Å². The molecule has 5 nitrogen and oxygen atoms in total. The Morgan fingerprint density at radius 1 is 1.28 bits per heavy atom. The number of nitrogens with zero attached hydrogens (tertiary/aromatic N) is 1. The van der Waals surface area contributed by atoms with E-state index < -0.39 is 0 Å². The van der Waals surface area contributed by atoms with Crippen molar-refractivity contribution in [1.82, 2.24) is 10.2 Å². The number of carbonyl (C=O) groups excluding carboxylic acids is 1. The highest BCUT2D eigenvalue weighted by Crippen LogP contribution is 2.28. The summed E-state index contributed by atoms with van der Waals surface area (Å²) < 4.78 is 5.83. The molecule has 0 aromatic carbocycles. The van der Waals surface area contributed by atoms with Gasteiger partial charge in [0, 0.05) is 19.0 Å². The zero-order chi connectivity index (χ0) is 16.2. The highest BCUT2D eigenvalue weighted by Gasteiger charge is 2.28. The Hall–Kier alpha value is -0.750. The Morgan fingerprint density at radius 2 is 2.00 bits per heavy atom. The summed E-state index contributed by atoms with van der Waals surface area (Å²) in [4.78, 5) is 14.7. The lowest BCUT2D eigenvalue weighted by Crippen LogP contribution is -2.38. The number of hydrogen-bond donors (Lipinski definition) is 2. The van der Waals surface area contributed by atoms with Crippen molar-refractivity contribution in [3.8, 4) is 0 Å². The number of likely N-dealkylation sites (tertiary alicyclic amines) is 1. The summed E-state index contributed by atoms with van der Waals surface area (Å²) in [5, 5.41) is 3.12. The van der Waals surface area contributed by atoms with Gasteiger partial charge in [0.2, 0.25) is 5.91 Å². The Balaban J connectivity index is 0.00000156. The smallest absolute Gasteiger partial charge is 0.220 e. The van der Waals surface area contributed by atoms with Crippen LogP contribution in [-0.4, -0.2) is 36.5 Å². The van der Waals surface area contributed by atoms with Gasteiger partial charge >= 0.3 is 0 Å². The maximum absolute atomic E-state index is 12.3. The zero-order valence-corrected chi connectivity index (χ0v) is 16.5. The van der Waals surface area contributed by atoms with E-state index in [0.717, 1.165) is 43.9 Å². The van der Waals surface area contributed by atoms with Crippen LogP contribution in [0.5, 0.6) is 0 Å². The van der Waals surface area contributed by atoms with Crippen LogP contribution in [0.2, 0.25) is 0 Å². The fraction of sp³-hybridized carbons (Fsp3) is 0.722. The first-order valence-corrected chi connectivity index (χ1v) is 8.96. The molecule has 1 saturated heterocycles. The monoisotopic (exact) mass is 391 g/mol. The van der Waals surface area contributed by atoms with Crippen LogP contribution in [0, 0.1) is 12.8 Å².